The monoisotopic (exact) mass is 579 g/mol. The SMILES string of the molecule is CC(=O)NC(CSC(C)=O)C(=O)OCC(=O)[C@@]1(O)[C@H](C)CC2C3CCC4=CC(=O)C=C[C@]4(C)[C@@]3(F)[C@@H](O)C[C@@]21C. The number of carbonyl (C=O) groups excluding carboxylic acids is 5. The Hall–Kier alpha value is -2.37. The van der Waals surface area contributed by atoms with E-state index in [9.17, 15) is 34.2 Å². The standard InChI is InChI=1S/C29H38FNO8S/c1-15-10-21-20-7-6-18-11-19(34)8-9-26(18,4)28(20,30)23(35)12-27(21,5)29(15,38)24(36)13-39-25(37)22(31-16(2)32)14-40-17(3)33/h8-9,11,15,20-23,35,38H,6-7,10,12-14H2,1-5H3,(H,31,32)/t15-,20?,21?,22?,23+,26+,27+,28+,29+/m1/s1. The number of Topliss-reactive ketones (excluding diaryl/α,β-unsaturated/α-hetero) is 1. The minimum absolute atomic E-state index is 0.0793. The molecule has 0 saturated heterocycles. The highest BCUT2D eigenvalue weighted by Gasteiger charge is 2.75. The molecule has 0 aromatic heterocycles. The first-order valence-electron chi connectivity index (χ1n) is 13.7. The van der Waals surface area contributed by atoms with Crippen LogP contribution in [0.2, 0.25) is 0 Å². The van der Waals surface area contributed by atoms with E-state index in [0.29, 0.717) is 24.8 Å². The van der Waals surface area contributed by atoms with Gasteiger partial charge in [0.15, 0.2) is 23.2 Å². The molecule has 3 fully saturated rings. The third-order valence-corrected chi connectivity index (χ3v) is 11.0. The molecule has 0 aromatic carbocycles. The van der Waals surface area contributed by atoms with Gasteiger partial charge in [-0.25, -0.2) is 9.18 Å². The number of esters is 1. The van der Waals surface area contributed by atoms with Gasteiger partial charge in [0.25, 0.3) is 0 Å². The van der Waals surface area contributed by atoms with E-state index in [4.69, 9.17) is 4.74 Å². The molecule has 0 aromatic rings. The predicted octanol–water partition coefficient (Wildman–Crippen LogP) is 2.23. The second-order valence-corrected chi connectivity index (χ2v) is 13.5. The number of thioether (sulfide) groups is 1. The van der Waals surface area contributed by atoms with Gasteiger partial charge in [0.05, 0.1) is 6.10 Å². The highest BCUT2D eigenvalue weighted by atomic mass is 32.2. The van der Waals surface area contributed by atoms with Crippen molar-refractivity contribution in [3.63, 3.8) is 0 Å². The summed E-state index contributed by atoms with van der Waals surface area (Å²) >= 11 is 0.822. The minimum atomic E-state index is -2.10. The average molecular weight is 580 g/mol. The molecule has 9 nitrogen and oxygen atoms in total. The van der Waals surface area contributed by atoms with E-state index in [1.54, 1.807) is 26.8 Å². The molecule has 4 aliphatic carbocycles. The Bertz CT molecular complexity index is 1200. The number of aliphatic hydroxyl groups excluding tert-OH is 1. The van der Waals surface area contributed by atoms with Crippen LogP contribution >= 0.6 is 11.8 Å². The molecule has 40 heavy (non-hydrogen) atoms. The molecule has 3 N–H and O–H groups in total. The Morgan fingerprint density at radius 1 is 1.23 bits per heavy atom. The normalized spacial score (nSPS) is 40.7. The number of fused-ring (bicyclic) bond motifs is 5. The van der Waals surface area contributed by atoms with Gasteiger partial charge in [-0.3, -0.25) is 19.2 Å². The van der Waals surface area contributed by atoms with Crippen molar-refractivity contribution in [2.75, 3.05) is 12.4 Å². The van der Waals surface area contributed by atoms with Crippen LogP contribution in [0, 0.1) is 28.6 Å². The Morgan fingerprint density at radius 2 is 1.90 bits per heavy atom. The van der Waals surface area contributed by atoms with Crippen LogP contribution in [0.15, 0.2) is 23.8 Å². The molecule has 0 radical (unpaired) electrons. The Labute approximate surface area is 237 Å². The minimum Gasteiger partial charge on any atom is -0.456 e. The van der Waals surface area contributed by atoms with E-state index >= 15 is 4.39 Å². The molecule has 3 saturated carbocycles. The van der Waals surface area contributed by atoms with Gasteiger partial charge in [0.2, 0.25) is 11.7 Å². The van der Waals surface area contributed by atoms with E-state index in [1.807, 2.05) is 0 Å². The number of nitrogens with one attached hydrogen (secondary N) is 1. The lowest BCUT2D eigenvalue weighted by Crippen LogP contribution is -2.69. The van der Waals surface area contributed by atoms with Crippen LogP contribution in [-0.4, -0.2) is 74.5 Å². The van der Waals surface area contributed by atoms with Crippen LogP contribution in [0.3, 0.4) is 0 Å². The fraction of sp³-hybridized carbons (Fsp3) is 0.690. The van der Waals surface area contributed by atoms with Crippen LogP contribution in [0.5, 0.6) is 0 Å². The largest absolute Gasteiger partial charge is 0.456 e. The summed E-state index contributed by atoms with van der Waals surface area (Å²) in [6.45, 7) is 6.84. The van der Waals surface area contributed by atoms with Crippen molar-refractivity contribution in [3.8, 4) is 0 Å². The second kappa shape index (κ2) is 10.5. The number of carbonyl (C=O) groups is 5. The molecule has 0 spiro atoms. The summed E-state index contributed by atoms with van der Waals surface area (Å²) in [6.07, 6.45) is 3.77. The third-order valence-electron chi connectivity index (χ3n) is 10.1. The number of ketones is 2. The van der Waals surface area contributed by atoms with Crippen LogP contribution < -0.4 is 5.32 Å². The number of rotatable bonds is 7. The van der Waals surface area contributed by atoms with E-state index < -0.39 is 76.3 Å². The van der Waals surface area contributed by atoms with Crippen molar-refractivity contribution in [1.82, 2.24) is 5.32 Å². The first-order chi connectivity index (χ1) is 18.5. The van der Waals surface area contributed by atoms with Gasteiger partial charge < -0.3 is 20.3 Å². The summed E-state index contributed by atoms with van der Waals surface area (Å²) in [5, 5.41) is 25.6. The number of allylic oxidation sites excluding steroid dienone is 4. The Morgan fingerprint density at radius 3 is 2.52 bits per heavy atom. The smallest absolute Gasteiger partial charge is 0.329 e. The topological polar surface area (TPSA) is 147 Å². The fourth-order valence-electron chi connectivity index (χ4n) is 8.10. The fourth-order valence-corrected chi connectivity index (χ4v) is 8.72. The van der Waals surface area contributed by atoms with Crippen LogP contribution in [0.1, 0.15) is 60.3 Å². The summed E-state index contributed by atoms with van der Waals surface area (Å²) in [5.41, 5.74) is -5.86. The molecule has 4 rings (SSSR count). The van der Waals surface area contributed by atoms with Crippen molar-refractivity contribution >= 4 is 40.3 Å². The van der Waals surface area contributed by atoms with E-state index in [-0.39, 0.29) is 23.1 Å². The predicted molar refractivity (Wildman–Crippen MR) is 145 cm³/mol. The highest BCUT2D eigenvalue weighted by molar-refractivity contribution is 8.13. The van der Waals surface area contributed by atoms with Crippen molar-refractivity contribution < 1.29 is 43.3 Å². The zero-order valence-electron chi connectivity index (χ0n) is 23.5. The van der Waals surface area contributed by atoms with Gasteiger partial charge in [-0.2, -0.15) is 0 Å². The third kappa shape index (κ3) is 4.48. The summed E-state index contributed by atoms with van der Waals surface area (Å²) in [6, 6.07) is -1.16. The average Bonchev–Trinajstić information content (AvgIpc) is 3.07. The summed E-state index contributed by atoms with van der Waals surface area (Å²) < 4.78 is 22.5. The van der Waals surface area contributed by atoms with E-state index in [1.165, 1.54) is 26.0 Å². The molecule has 4 aliphatic rings. The molecular weight excluding hydrogens is 541 g/mol. The number of aliphatic hydroxyl groups is 2. The summed E-state index contributed by atoms with van der Waals surface area (Å²) in [5.74, 6) is -4.24. The Kier molecular flexibility index (Phi) is 8.01. The van der Waals surface area contributed by atoms with Gasteiger partial charge in [0, 0.05) is 36.3 Å². The van der Waals surface area contributed by atoms with Crippen molar-refractivity contribution in [2.45, 2.75) is 83.7 Å². The lowest BCUT2D eigenvalue weighted by atomic mass is 9.44. The van der Waals surface area contributed by atoms with E-state index in [0.717, 1.165) is 11.8 Å². The lowest BCUT2D eigenvalue weighted by molar-refractivity contribution is -0.220. The molecule has 0 aliphatic heterocycles. The quantitative estimate of drug-likeness (QED) is 0.386. The summed E-state index contributed by atoms with van der Waals surface area (Å²) in [7, 11) is 0. The molecule has 3 unspecified atom stereocenters. The molecule has 0 bridgehead atoms. The van der Waals surface area contributed by atoms with Crippen molar-refractivity contribution in [2.24, 2.45) is 28.6 Å². The molecule has 220 valence electrons. The highest BCUT2D eigenvalue weighted by Crippen LogP contribution is 2.70. The molecule has 0 heterocycles. The number of alkyl halides is 1. The zero-order chi connectivity index (χ0) is 29.8. The molecular formula is C29H38FNO8S. The van der Waals surface area contributed by atoms with Gasteiger partial charge in [-0.1, -0.05) is 37.3 Å². The van der Waals surface area contributed by atoms with Crippen LogP contribution in [-0.2, 0) is 28.7 Å². The molecule has 9 atom stereocenters. The zero-order valence-corrected chi connectivity index (χ0v) is 24.3. The lowest BCUT2D eigenvalue weighted by Gasteiger charge is -2.62. The maximum Gasteiger partial charge on any atom is 0.329 e. The first-order valence-corrected chi connectivity index (χ1v) is 14.6. The van der Waals surface area contributed by atoms with Gasteiger partial charge in [0.1, 0.15) is 11.6 Å². The Balaban J connectivity index is 1.58. The van der Waals surface area contributed by atoms with E-state index in [2.05, 4.69) is 5.32 Å². The number of amides is 1. The second-order valence-electron chi connectivity index (χ2n) is 12.3. The number of ether oxygens (including phenoxy) is 1. The number of halogens is 1. The van der Waals surface area contributed by atoms with Crippen LogP contribution in [0.25, 0.3) is 0 Å². The number of hydrogen-bond donors (Lipinski definition) is 3. The maximum absolute atomic E-state index is 17.3. The van der Waals surface area contributed by atoms with Gasteiger partial charge >= 0.3 is 5.97 Å². The number of hydrogen-bond acceptors (Lipinski definition) is 9. The summed E-state index contributed by atoms with van der Waals surface area (Å²) in [4.78, 5) is 61.2. The van der Waals surface area contributed by atoms with Crippen LogP contribution in [0.4, 0.5) is 4.39 Å². The van der Waals surface area contributed by atoms with Gasteiger partial charge in [-0.15, -0.1) is 0 Å². The van der Waals surface area contributed by atoms with Crippen molar-refractivity contribution in [1.29, 1.82) is 0 Å². The first kappa shape index (κ1) is 30.6. The molecule has 11 heteroatoms. The van der Waals surface area contributed by atoms with Crippen molar-refractivity contribution in [3.05, 3.63) is 23.8 Å². The van der Waals surface area contributed by atoms with Gasteiger partial charge in [-0.05, 0) is 56.6 Å². The molecule has 1 amide bonds. The maximum atomic E-state index is 17.3.